The molecule has 1 aromatic heterocycles. The van der Waals surface area contributed by atoms with Gasteiger partial charge in [-0.25, -0.2) is 4.79 Å². The molecule has 0 unspecified atom stereocenters. The third kappa shape index (κ3) is 4.56. The summed E-state index contributed by atoms with van der Waals surface area (Å²) in [6, 6.07) is 5.87. The topological polar surface area (TPSA) is 150 Å². The number of amides is 1. The zero-order chi connectivity index (χ0) is 17.7. The standard InChI is InChI=1S/C16H21N5O3/c1-9-7-14(22)24-13-8-10(4-5-11(9)13)21-15(23)12(17)3-2-6-20-16(18)19/h4-5,7-8,12H,2-3,6,17H2,1H3,(H,21,23)(H4,18,19,20)/t12-/m1/s1. The number of anilines is 1. The van der Waals surface area contributed by atoms with E-state index in [2.05, 4.69) is 10.3 Å². The molecule has 1 atom stereocenters. The van der Waals surface area contributed by atoms with Gasteiger partial charge in [0.05, 0.1) is 6.04 Å². The van der Waals surface area contributed by atoms with Crippen LogP contribution in [0.5, 0.6) is 0 Å². The zero-order valence-corrected chi connectivity index (χ0v) is 13.4. The van der Waals surface area contributed by atoms with E-state index in [1.54, 1.807) is 18.2 Å². The van der Waals surface area contributed by atoms with Crippen molar-refractivity contribution in [1.82, 2.24) is 0 Å². The number of fused-ring (bicyclic) bond motifs is 1. The van der Waals surface area contributed by atoms with Crippen LogP contribution in [-0.4, -0.2) is 24.5 Å². The van der Waals surface area contributed by atoms with Crippen molar-refractivity contribution < 1.29 is 9.21 Å². The fourth-order valence-corrected chi connectivity index (χ4v) is 2.29. The summed E-state index contributed by atoms with van der Waals surface area (Å²) in [6.07, 6.45) is 1.04. The summed E-state index contributed by atoms with van der Waals surface area (Å²) < 4.78 is 5.15. The first-order valence-corrected chi connectivity index (χ1v) is 7.53. The minimum atomic E-state index is -0.681. The Kier molecular flexibility index (Phi) is 5.54. The Morgan fingerprint density at radius 3 is 2.79 bits per heavy atom. The predicted molar refractivity (Wildman–Crippen MR) is 93.7 cm³/mol. The zero-order valence-electron chi connectivity index (χ0n) is 13.4. The molecule has 1 amide bonds. The van der Waals surface area contributed by atoms with E-state index in [-0.39, 0.29) is 11.9 Å². The van der Waals surface area contributed by atoms with Crippen LogP contribution in [0.1, 0.15) is 18.4 Å². The average molecular weight is 331 g/mol. The van der Waals surface area contributed by atoms with Crippen LogP contribution in [0.15, 0.2) is 38.5 Å². The molecule has 2 rings (SSSR count). The molecule has 0 aliphatic rings. The molecule has 1 heterocycles. The molecule has 0 aliphatic heterocycles. The maximum atomic E-state index is 12.1. The number of nitrogens with one attached hydrogen (secondary N) is 1. The van der Waals surface area contributed by atoms with Gasteiger partial charge in [0.15, 0.2) is 5.96 Å². The number of aliphatic imine (C=N–C) groups is 1. The van der Waals surface area contributed by atoms with Gasteiger partial charge in [0, 0.05) is 29.8 Å². The highest BCUT2D eigenvalue weighted by Gasteiger charge is 2.14. The van der Waals surface area contributed by atoms with Gasteiger partial charge in [-0.1, -0.05) is 0 Å². The summed E-state index contributed by atoms with van der Waals surface area (Å²) in [6.45, 7) is 2.24. The van der Waals surface area contributed by atoms with E-state index in [4.69, 9.17) is 21.6 Å². The summed E-state index contributed by atoms with van der Waals surface area (Å²) >= 11 is 0. The Balaban J connectivity index is 2.02. The lowest BCUT2D eigenvalue weighted by molar-refractivity contribution is -0.117. The van der Waals surface area contributed by atoms with Crippen LogP contribution >= 0.6 is 0 Å². The summed E-state index contributed by atoms with van der Waals surface area (Å²) in [5.41, 5.74) is 17.6. The van der Waals surface area contributed by atoms with Crippen molar-refractivity contribution in [3.63, 3.8) is 0 Å². The van der Waals surface area contributed by atoms with Crippen molar-refractivity contribution in [3.05, 3.63) is 40.2 Å². The normalized spacial score (nSPS) is 11.9. The molecule has 7 N–H and O–H groups in total. The van der Waals surface area contributed by atoms with Gasteiger partial charge >= 0.3 is 5.63 Å². The van der Waals surface area contributed by atoms with Gasteiger partial charge in [-0.3, -0.25) is 9.79 Å². The molecule has 0 bridgehead atoms. The molecule has 8 heteroatoms. The van der Waals surface area contributed by atoms with Crippen LogP contribution in [0, 0.1) is 6.92 Å². The Hall–Kier alpha value is -2.87. The molecule has 128 valence electrons. The summed E-state index contributed by atoms with van der Waals surface area (Å²) in [5.74, 6) is -0.310. The molecule has 2 aromatic rings. The number of aryl methyl sites for hydroxylation is 1. The average Bonchev–Trinajstić information content (AvgIpc) is 2.50. The monoisotopic (exact) mass is 331 g/mol. The Labute approximate surface area is 138 Å². The van der Waals surface area contributed by atoms with Crippen LogP contribution in [0.3, 0.4) is 0 Å². The fourth-order valence-electron chi connectivity index (χ4n) is 2.29. The second-order valence-electron chi connectivity index (χ2n) is 5.50. The largest absolute Gasteiger partial charge is 0.423 e. The Morgan fingerprint density at radius 1 is 1.33 bits per heavy atom. The molecule has 0 saturated carbocycles. The number of benzene rings is 1. The molecule has 0 spiro atoms. The van der Waals surface area contributed by atoms with E-state index in [0.717, 1.165) is 10.9 Å². The number of nitrogens with zero attached hydrogens (tertiary/aromatic N) is 1. The van der Waals surface area contributed by atoms with Gasteiger partial charge in [-0.05, 0) is 37.5 Å². The van der Waals surface area contributed by atoms with Crippen molar-refractivity contribution in [2.75, 3.05) is 11.9 Å². The minimum Gasteiger partial charge on any atom is -0.423 e. The molecular formula is C16H21N5O3. The predicted octanol–water partition coefficient (Wildman–Crippen LogP) is 0.421. The van der Waals surface area contributed by atoms with Crippen LogP contribution in [0.4, 0.5) is 5.69 Å². The fraction of sp³-hybridized carbons (Fsp3) is 0.312. The minimum absolute atomic E-state index is 0.0148. The third-order valence-electron chi connectivity index (χ3n) is 3.52. The summed E-state index contributed by atoms with van der Waals surface area (Å²) in [4.78, 5) is 27.4. The smallest absolute Gasteiger partial charge is 0.336 e. The van der Waals surface area contributed by atoms with Crippen molar-refractivity contribution in [2.45, 2.75) is 25.8 Å². The molecule has 0 aliphatic carbocycles. The second-order valence-corrected chi connectivity index (χ2v) is 5.50. The Bertz CT molecular complexity index is 824. The van der Waals surface area contributed by atoms with Crippen molar-refractivity contribution in [2.24, 2.45) is 22.2 Å². The second kappa shape index (κ2) is 7.60. The number of guanidine groups is 1. The van der Waals surface area contributed by atoms with E-state index in [1.165, 1.54) is 6.07 Å². The van der Waals surface area contributed by atoms with Gasteiger partial charge in [0.2, 0.25) is 5.91 Å². The van der Waals surface area contributed by atoms with E-state index < -0.39 is 11.7 Å². The summed E-state index contributed by atoms with van der Waals surface area (Å²) in [5, 5.41) is 3.53. The summed E-state index contributed by atoms with van der Waals surface area (Å²) in [7, 11) is 0. The van der Waals surface area contributed by atoms with Gasteiger partial charge in [0.1, 0.15) is 5.58 Å². The Morgan fingerprint density at radius 2 is 2.08 bits per heavy atom. The SMILES string of the molecule is Cc1cc(=O)oc2cc(NC(=O)[C@H](N)CCCN=C(N)N)ccc12. The van der Waals surface area contributed by atoms with Crippen LogP contribution in [-0.2, 0) is 4.79 Å². The number of hydrogen-bond acceptors (Lipinski definition) is 5. The first-order valence-electron chi connectivity index (χ1n) is 7.53. The van der Waals surface area contributed by atoms with E-state index in [0.29, 0.717) is 30.7 Å². The maximum absolute atomic E-state index is 12.1. The van der Waals surface area contributed by atoms with Crippen molar-refractivity contribution in [1.29, 1.82) is 0 Å². The van der Waals surface area contributed by atoms with Crippen LogP contribution in [0.25, 0.3) is 11.0 Å². The van der Waals surface area contributed by atoms with Crippen molar-refractivity contribution >= 4 is 28.5 Å². The molecule has 24 heavy (non-hydrogen) atoms. The number of carbonyl (C=O) groups is 1. The highest BCUT2D eigenvalue weighted by Crippen LogP contribution is 2.20. The molecule has 8 nitrogen and oxygen atoms in total. The maximum Gasteiger partial charge on any atom is 0.336 e. The lowest BCUT2D eigenvalue weighted by Gasteiger charge is -2.12. The molecular weight excluding hydrogens is 310 g/mol. The molecule has 1 aromatic carbocycles. The lowest BCUT2D eigenvalue weighted by Crippen LogP contribution is -2.35. The number of carbonyl (C=O) groups excluding carboxylic acids is 1. The number of rotatable bonds is 6. The van der Waals surface area contributed by atoms with Gasteiger partial charge in [0.25, 0.3) is 0 Å². The molecule has 0 radical (unpaired) electrons. The van der Waals surface area contributed by atoms with Crippen molar-refractivity contribution in [3.8, 4) is 0 Å². The molecule has 0 saturated heterocycles. The quantitative estimate of drug-likeness (QED) is 0.261. The van der Waals surface area contributed by atoms with E-state index in [1.807, 2.05) is 6.92 Å². The number of hydrogen-bond donors (Lipinski definition) is 4. The van der Waals surface area contributed by atoms with Crippen LogP contribution < -0.4 is 28.1 Å². The van der Waals surface area contributed by atoms with Crippen LogP contribution in [0.2, 0.25) is 0 Å². The first kappa shape index (κ1) is 17.5. The highest BCUT2D eigenvalue weighted by molar-refractivity contribution is 5.96. The molecule has 0 fully saturated rings. The number of nitrogens with two attached hydrogens (primary N) is 3. The third-order valence-corrected chi connectivity index (χ3v) is 3.52. The van der Waals surface area contributed by atoms with E-state index >= 15 is 0 Å². The van der Waals surface area contributed by atoms with Gasteiger partial charge in [-0.2, -0.15) is 0 Å². The lowest BCUT2D eigenvalue weighted by atomic mass is 10.1. The van der Waals surface area contributed by atoms with Gasteiger partial charge in [-0.15, -0.1) is 0 Å². The first-order chi connectivity index (χ1) is 11.4. The van der Waals surface area contributed by atoms with E-state index in [9.17, 15) is 9.59 Å². The highest BCUT2D eigenvalue weighted by atomic mass is 16.4. The van der Waals surface area contributed by atoms with Gasteiger partial charge < -0.3 is 26.9 Å².